The molecule has 1 atom stereocenters. The van der Waals surface area contributed by atoms with E-state index >= 15 is 0 Å². The summed E-state index contributed by atoms with van der Waals surface area (Å²) in [7, 11) is 0. The van der Waals surface area contributed by atoms with Gasteiger partial charge in [0.25, 0.3) is 0 Å². The summed E-state index contributed by atoms with van der Waals surface area (Å²) < 4.78 is 11.1. The maximum absolute atomic E-state index is 12.2. The van der Waals surface area contributed by atoms with Gasteiger partial charge in [-0.25, -0.2) is 0 Å². The number of aliphatic hydroxyl groups excluding tert-OH is 1. The van der Waals surface area contributed by atoms with Crippen LogP contribution in [0.25, 0.3) is 0 Å². The number of esters is 1. The lowest BCUT2D eigenvalue weighted by Crippen LogP contribution is -2.27. The highest BCUT2D eigenvalue weighted by molar-refractivity contribution is 5.69. The van der Waals surface area contributed by atoms with Crippen LogP contribution in [0, 0.1) is 0 Å². The molecule has 0 fully saturated rings. The molecule has 0 aliphatic rings. The summed E-state index contributed by atoms with van der Waals surface area (Å²) in [6.45, 7) is 5.07. The summed E-state index contributed by atoms with van der Waals surface area (Å²) in [4.78, 5) is 12.2. The van der Waals surface area contributed by atoms with Crippen LogP contribution in [-0.4, -0.2) is 37.0 Å². The monoisotopic (exact) mass is 763 g/mol. The second-order valence-electron chi connectivity index (χ2n) is 14.7. The third-order valence-electron chi connectivity index (χ3n) is 9.39. The normalized spacial score (nSPS) is 13.3. The maximum atomic E-state index is 12.2. The van der Waals surface area contributed by atoms with Gasteiger partial charge in [0.05, 0.1) is 13.2 Å². The fraction of sp³-hybridized carbons (Fsp3) is 0.667. The largest absolute Gasteiger partial charge is 0.457 e. The van der Waals surface area contributed by atoms with Crippen LogP contribution in [0.1, 0.15) is 194 Å². The number of hydrogen-bond acceptors (Lipinski definition) is 4. The zero-order valence-electron chi connectivity index (χ0n) is 35.9. The van der Waals surface area contributed by atoms with Gasteiger partial charge < -0.3 is 14.6 Å². The number of ether oxygens (including phenoxy) is 2. The Kier molecular flexibility index (Phi) is 45.1. The molecule has 0 rings (SSSR count). The molecule has 0 saturated heterocycles. The highest BCUT2D eigenvalue weighted by Gasteiger charge is 2.13. The van der Waals surface area contributed by atoms with E-state index in [0.29, 0.717) is 13.0 Å². The van der Waals surface area contributed by atoms with Gasteiger partial charge in [-0.2, -0.15) is 0 Å². The van der Waals surface area contributed by atoms with E-state index in [-0.39, 0.29) is 19.2 Å². The highest BCUT2D eigenvalue weighted by atomic mass is 16.6. The lowest BCUT2D eigenvalue weighted by molar-refractivity contribution is -0.154. The van der Waals surface area contributed by atoms with Crippen molar-refractivity contribution in [1.82, 2.24) is 0 Å². The number of hydrogen-bond donors (Lipinski definition) is 1. The van der Waals surface area contributed by atoms with Gasteiger partial charge in [-0.1, -0.05) is 195 Å². The van der Waals surface area contributed by atoms with E-state index in [9.17, 15) is 9.90 Å². The summed E-state index contributed by atoms with van der Waals surface area (Å²) in [6.07, 6.45) is 67.7. The smallest absolute Gasteiger partial charge is 0.306 e. The Balaban J connectivity index is 3.55. The minimum Gasteiger partial charge on any atom is -0.457 e. The van der Waals surface area contributed by atoms with Crippen molar-refractivity contribution in [2.45, 2.75) is 200 Å². The van der Waals surface area contributed by atoms with Crippen LogP contribution in [0.4, 0.5) is 0 Å². The molecular weight excluding hydrogens is 677 g/mol. The fourth-order valence-electron chi connectivity index (χ4n) is 6.02. The molecule has 55 heavy (non-hydrogen) atoms. The summed E-state index contributed by atoms with van der Waals surface area (Å²) in [5, 5.41) is 9.61. The van der Waals surface area contributed by atoms with Gasteiger partial charge in [-0.15, -0.1) is 0 Å². The van der Waals surface area contributed by atoms with Gasteiger partial charge >= 0.3 is 5.97 Å². The predicted octanol–water partition coefficient (Wildman–Crippen LogP) is 15.3. The van der Waals surface area contributed by atoms with Gasteiger partial charge in [-0.05, 0) is 89.9 Å². The van der Waals surface area contributed by atoms with Crippen LogP contribution in [-0.2, 0) is 14.3 Å². The summed E-state index contributed by atoms with van der Waals surface area (Å²) in [5.41, 5.74) is 0. The lowest BCUT2D eigenvalue weighted by Gasteiger charge is -2.15. The van der Waals surface area contributed by atoms with Gasteiger partial charge in [0, 0.05) is 13.0 Å². The van der Waals surface area contributed by atoms with Crippen molar-refractivity contribution in [3.8, 4) is 0 Å². The van der Waals surface area contributed by atoms with Gasteiger partial charge in [0.2, 0.25) is 0 Å². The van der Waals surface area contributed by atoms with Crippen molar-refractivity contribution >= 4 is 5.97 Å². The maximum Gasteiger partial charge on any atom is 0.306 e. The number of rotatable bonds is 41. The number of carbonyl (C=O) groups excluding carboxylic acids is 1. The van der Waals surface area contributed by atoms with Crippen molar-refractivity contribution in [3.63, 3.8) is 0 Å². The third kappa shape index (κ3) is 45.6. The lowest BCUT2D eigenvalue weighted by atomic mass is 10.0. The first kappa shape index (κ1) is 52.3. The first-order chi connectivity index (χ1) is 27.2. The zero-order valence-corrected chi connectivity index (χ0v) is 35.9. The molecule has 1 N–H and O–H groups in total. The molecule has 1 unspecified atom stereocenters. The van der Waals surface area contributed by atoms with E-state index in [1.807, 2.05) is 0 Å². The second-order valence-corrected chi connectivity index (χ2v) is 14.7. The van der Waals surface area contributed by atoms with Crippen LogP contribution in [0.5, 0.6) is 0 Å². The van der Waals surface area contributed by atoms with E-state index in [4.69, 9.17) is 9.47 Å². The van der Waals surface area contributed by atoms with E-state index in [1.54, 1.807) is 0 Å². The number of unbranched alkanes of at least 4 members (excludes halogenated alkanes) is 17. The molecule has 0 amide bonds. The van der Waals surface area contributed by atoms with Crippen LogP contribution < -0.4 is 0 Å². The van der Waals surface area contributed by atoms with Gasteiger partial charge in [-0.3, -0.25) is 4.79 Å². The van der Waals surface area contributed by atoms with Crippen molar-refractivity contribution < 1.29 is 19.4 Å². The molecule has 0 saturated carbocycles. The van der Waals surface area contributed by atoms with Crippen LogP contribution in [0.3, 0.4) is 0 Å². The fourth-order valence-corrected chi connectivity index (χ4v) is 6.02. The Bertz CT molecular complexity index is 1030. The molecule has 0 aromatic rings. The average Bonchev–Trinajstić information content (AvgIpc) is 3.19. The topological polar surface area (TPSA) is 55.8 Å². The Labute approximate surface area is 341 Å². The number of allylic oxidation sites excluding steroid dienone is 16. The van der Waals surface area contributed by atoms with Crippen LogP contribution in [0.15, 0.2) is 97.2 Å². The molecule has 0 aromatic carbocycles. The molecule has 0 spiro atoms. The Morgan fingerprint density at radius 3 is 1.24 bits per heavy atom. The zero-order chi connectivity index (χ0) is 39.8. The standard InChI is InChI=1S/C51H86O4/c1-3-5-7-9-11-13-15-17-19-21-23-25-26-27-28-30-32-34-36-38-40-42-44-46-51(53)55-50(48-52)49-54-47-45-43-41-39-37-35-33-31-29-24-22-20-18-16-14-12-10-8-6-4-2/h6,8,12,14-15,17-18,20-21,23-24,29,33,35,39,41,50,52H,3-5,7,9-11,13,16,19,22,25-28,30-32,34,36-38,40,42-49H2,1-2H3/b8-6-,14-12-,17-15-,20-18-,23-21-,29-24-,35-33-,41-39-. The molecule has 314 valence electrons. The average molecular weight is 763 g/mol. The summed E-state index contributed by atoms with van der Waals surface area (Å²) >= 11 is 0. The van der Waals surface area contributed by atoms with Crippen molar-refractivity contribution in [1.29, 1.82) is 0 Å². The SMILES string of the molecule is CC/C=C\C/C=C\C/C=C\C/C=C\C/C=C\C/C=C\CCCOCC(CO)OC(=O)CCCCCCCCCCCCC/C=C\C/C=C\CCCCCCC. The summed E-state index contributed by atoms with van der Waals surface area (Å²) in [6, 6.07) is 0. The molecule has 4 heteroatoms. The van der Waals surface area contributed by atoms with Crippen molar-refractivity contribution in [2.75, 3.05) is 19.8 Å². The molecular formula is C51H86O4. The second kappa shape index (κ2) is 47.5. The minimum absolute atomic E-state index is 0.201. The Hall–Kier alpha value is -2.69. The Morgan fingerprint density at radius 1 is 0.455 bits per heavy atom. The molecule has 0 radical (unpaired) electrons. The Morgan fingerprint density at radius 2 is 0.818 bits per heavy atom. The first-order valence-corrected chi connectivity index (χ1v) is 22.8. The van der Waals surface area contributed by atoms with Gasteiger partial charge in [0.1, 0.15) is 6.10 Å². The quantitative estimate of drug-likeness (QED) is 0.0383. The molecule has 4 nitrogen and oxygen atoms in total. The minimum atomic E-state index is -0.572. The van der Waals surface area contributed by atoms with E-state index in [2.05, 4.69) is 111 Å². The number of carbonyl (C=O) groups is 1. The molecule has 0 heterocycles. The summed E-state index contributed by atoms with van der Waals surface area (Å²) in [5.74, 6) is -0.226. The van der Waals surface area contributed by atoms with E-state index in [0.717, 1.165) is 70.6 Å². The van der Waals surface area contributed by atoms with Gasteiger partial charge in [0.15, 0.2) is 0 Å². The third-order valence-corrected chi connectivity index (χ3v) is 9.39. The highest BCUT2D eigenvalue weighted by Crippen LogP contribution is 2.13. The molecule has 0 aromatic heterocycles. The first-order valence-electron chi connectivity index (χ1n) is 22.8. The van der Waals surface area contributed by atoms with Crippen molar-refractivity contribution in [3.05, 3.63) is 97.2 Å². The van der Waals surface area contributed by atoms with Crippen LogP contribution >= 0.6 is 0 Å². The van der Waals surface area contributed by atoms with E-state index < -0.39 is 6.10 Å². The molecule has 0 aliphatic heterocycles. The van der Waals surface area contributed by atoms with Crippen LogP contribution in [0.2, 0.25) is 0 Å². The van der Waals surface area contributed by atoms with E-state index in [1.165, 1.54) is 103 Å². The number of aliphatic hydroxyl groups is 1. The molecule has 0 bridgehead atoms. The van der Waals surface area contributed by atoms with Crippen molar-refractivity contribution in [2.24, 2.45) is 0 Å². The predicted molar refractivity (Wildman–Crippen MR) is 242 cm³/mol. The molecule has 0 aliphatic carbocycles.